The fourth-order valence-electron chi connectivity index (χ4n) is 3.60. The molecule has 0 aliphatic carbocycles. The lowest BCUT2D eigenvalue weighted by Crippen LogP contribution is -2.28. The van der Waals surface area contributed by atoms with Gasteiger partial charge in [0.05, 0.1) is 4.88 Å². The van der Waals surface area contributed by atoms with Crippen LogP contribution in [-0.4, -0.2) is 46.8 Å². The van der Waals surface area contributed by atoms with Gasteiger partial charge in [0, 0.05) is 24.5 Å². The number of fused-ring (bicyclic) bond motifs is 1. The third-order valence-corrected chi connectivity index (χ3v) is 6.20. The van der Waals surface area contributed by atoms with E-state index in [0.29, 0.717) is 22.7 Å². The van der Waals surface area contributed by atoms with Gasteiger partial charge in [-0.25, -0.2) is 4.39 Å². The third-order valence-electron chi connectivity index (χ3n) is 5.00. The molecule has 27 heavy (non-hydrogen) atoms. The Morgan fingerprint density at radius 1 is 1.30 bits per heavy atom. The molecule has 0 saturated carbocycles. The lowest BCUT2D eigenvalue weighted by Gasteiger charge is -2.14. The van der Waals surface area contributed by atoms with Crippen LogP contribution in [-0.2, 0) is 7.05 Å². The Kier molecular flexibility index (Phi) is 5.22. The molecule has 1 amide bonds. The first kappa shape index (κ1) is 18.1. The molecule has 3 heterocycles. The summed E-state index contributed by atoms with van der Waals surface area (Å²) in [6.07, 6.45) is 3.53. The van der Waals surface area contributed by atoms with Crippen molar-refractivity contribution in [1.82, 2.24) is 20.0 Å². The van der Waals surface area contributed by atoms with Crippen molar-refractivity contribution < 1.29 is 9.18 Å². The first-order valence-corrected chi connectivity index (χ1v) is 10.2. The molecule has 3 aromatic rings. The Morgan fingerprint density at radius 3 is 2.85 bits per heavy atom. The third kappa shape index (κ3) is 3.75. The molecule has 1 aliphatic heterocycles. The minimum Gasteiger partial charge on any atom is -0.351 e. The average molecular weight is 386 g/mol. The molecule has 1 aromatic carbocycles. The summed E-state index contributed by atoms with van der Waals surface area (Å²) in [5.41, 5.74) is 1.04. The number of thiophene rings is 1. The molecule has 0 atom stereocenters. The van der Waals surface area contributed by atoms with Crippen LogP contribution < -0.4 is 5.32 Å². The van der Waals surface area contributed by atoms with Crippen LogP contribution in [0.3, 0.4) is 0 Å². The molecule has 5 nitrogen and oxygen atoms in total. The Hall–Kier alpha value is -2.25. The van der Waals surface area contributed by atoms with Gasteiger partial charge in [0.15, 0.2) is 0 Å². The van der Waals surface area contributed by atoms with Crippen molar-refractivity contribution in [1.29, 1.82) is 0 Å². The van der Waals surface area contributed by atoms with Gasteiger partial charge in [-0.2, -0.15) is 5.10 Å². The molecule has 2 aromatic heterocycles. The quantitative estimate of drug-likeness (QED) is 0.658. The second kappa shape index (κ2) is 7.78. The highest BCUT2D eigenvalue weighted by Gasteiger charge is 2.19. The highest BCUT2D eigenvalue weighted by Crippen LogP contribution is 2.34. The average Bonchev–Trinajstić information content (AvgIpc) is 3.38. The van der Waals surface area contributed by atoms with Crippen molar-refractivity contribution in [2.75, 3.05) is 26.2 Å². The zero-order valence-corrected chi connectivity index (χ0v) is 16.2. The molecule has 1 aliphatic rings. The zero-order valence-electron chi connectivity index (χ0n) is 15.4. The van der Waals surface area contributed by atoms with Crippen molar-refractivity contribution >= 4 is 27.5 Å². The lowest BCUT2D eigenvalue weighted by atomic mass is 10.1. The molecular formula is C20H23FN4OS. The maximum absolute atomic E-state index is 14.2. The second-order valence-electron chi connectivity index (χ2n) is 6.94. The van der Waals surface area contributed by atoms with Crippen molar-refractivity contribution in [3.05, 3.63) is 41.0 Å². The highest BCUT2D eigenvalue weighted by atomic mass is 32.1. The number of halogens is 1. The van der Waals surface area contributed by atoms with E-state index in [4.69, 9.17) is 0 Å². The summed E-state index contributed by atoms with van der Waals surface area (Å²) >= 11 is 1.39. The molecule has 0 unspecified atom stereocenters. The maximum Gasteiger partial charge on any atom is 0.261 e. The van der Waals surface area contributed by atoms with Gasteiger partial charge in [-0.05, 0) is 57.1 Å². The van der Waals surface area contributed by atoms with Gasteiger partial charge in [0.1, 0.15) is 16.3 Å². The van der Waals surface area contributed by atoms with Gasteiger partial charge in [0.25, 0.3) is 5.91 Å². The molecule has 1 N–H and O–H groups in total. The molecule has 1 saturated heterocycles. The monoisotopic (exact) mass is 386 g/mol. The van der Waals surface area contributed by atoms with Crippen LogP contribution in [0.4, 0.5) is 4.39 Å². The number of aryl methyl sites for hydroxylation is 1. The topological polar surface area (TPSA) is 50.2 Å². The lowest BCUT2D eigenvalue weighted by molar-refractivity contribution is 0.0956. The number of carbonyl (C=O) groups is 1. The van der Waals surface area contributed by atoms with Crippen LogP contribution in [0.1, 0.15) is 28.9 Å². The molecule has 1 fully saturated rings. The molecular weight excluding hydrogens is 363 g/mol. The summed E-state index contributed by atoms with van der Waals surface area (Å²) in [5, 5.41) is 8.27. The number of nitrogens with zero attached hydrogens (tertiary/aromatic N) is 3. The Balaban J connectivity index is 1.47. The maximum atomic E-state index is 14.2. The van der Waals surface area contributed by atoms with E-state index in [1.807, 2.05) is 13.1 Å². The van der Waals surface area contributed by atoms with Crippen LogP contribution in [0.15, 0.2) is 30.3 Å². The fraction of sp³-hybridized carbons (Fsp3) is 0.400. The largest absolute Gasteiger partial charge is 0.351 e. The Bertz CT molecular complexity index is 958. The van der Waals surface area contributed by atoms with Gasteiger partial charge in [-0.3, -0.25) is 9.48 Å². The first-order valence-electron chi connectivity index (χ1n) is 9.35. The summed E-state index contributed by atoms with van der Waals surface area (Å²) in [5.74, 6) is -0.381. The van der Waals surface area contributed by atoms with E-state index >= 15 is 0 Å². The summed E-state index contributed by atoms with van der Waals surface area (Å²) in [7, 11) is 1.82. The van der Waals surface area contributed by atoms with E-state index in [1.54, 1.807) is 22.9 Å². The van der Waals surface area contributed by atoms with Gasteiger partial charge >= 0.3 is 0 Å². The molecule has 142 valence electrons. The minimum atomic E-state index is -0.309. The first-order chi connectivity index (χ1) is 13.1. The van der Waals surface area contributed by atoms with Crippen LogP contribution in [0, 0.1) is 5.82 Å². The van der Waals surface area contributed by atoms with Gasteiger partial charge in [-0.15, -0.1) is 11.3 Å². The fourth-order valence-corrected chi connectivity index (χ4v) is 4.59. The SMILES string of the molecule is Cn1nc(-c2ccccc2F)c2cc(C(=O)NCCCN3CCCC3)sc21. The zero-order chi connectivity index (χ0) is 18.8. The smallest absolute Gasteiger partial charge is 0.261 e. The predicted molar refractivity (Wildman–Crippen MR) is 107 cm³/mol. The van der Waals surface area contributed by atoms with Gasteiger partial charge in [0.2, 0.25) is 0 Å². The summed E-state index contributed by atoms with van der Waals surface area (Å²) in [4.78, 5) is 16.5. The summed E-state index contributed by atoms with van der Waals surface area (Å²) in [6, 6.07) is 8.42. The number of carbonyl (C=O) groups excluding carboxylic acids is 1. The standard InChI is InChI=1S/C20H23FN4OS/c1-24-20-15(18(23-24)14-7-2-3-8-16(14)21)13-17(27-20)19(26)22-9-6-12-25-10-4-5-11-25/h2-3,7-8,13H,4-6,9-12H2,1H3,(H,22,26). The molecule has 4 rings (SSSR count). The molecule has 0 spiro atoms. The van der Waals surface area contributed by atoms with Crippen LogP contribution in [0.5, 0.6) is 0 Å². The number of hydrogen-bond acceptors (Lipinski definition) is 4. The Morgan fingerprint density at radius 2 is 2.07 bits per heavy atom. The summed E-state index contributed by atoms with van der Waals surface area (Å²) in [6.45, 7) is 4.06. The second-order valence-corrected chi connectivity index (χ2v) is 7.97. The van der Waals surface area contributed by atoms with Crippen LogP contribution in [0.25, 0.3) is 21.5 Å². The number of benzene rings is 1. The number of nitrogens with one attached hydrogen (secondary N) is 1. The van der Waals surface area contributed by atoms with Crippen molar-refractivity contribution in [3.63, 3.8) is 0 Å². The minimum absolute atomic E-state index is 0.0721. The van der Waals surface area contributed by atoms with Crippen molar-refractivity contribution in [2.45, 2.75) is 19.3 Å². The molecule has 0 radical (unpaired) electrons. The van der Waals surface area contributed by atoms with E-state index in [9.17, 15) is 9.18 Å². The van der Waals surface area contributed by atoms with E-state index in [2.05, 4.69) is 15.3 Å². The Labute approximate surface area is 161 Å². The van der Waals surface area contributed by atoms with Crippen LogP contribution >= 0.6 is 11.3 Å². The normalized spacial score (nSPS) is 14.9. The molecule has 0 bridgehead atoms. The number of likely N-dealkylation sites (tertiary alicyclic amines) is 1. The van der Waals surface area contributed by atoms with Crippen LogP contribution in [0.2, 0.25) is 0 Å². The van der Waals surface area contributed by atoms with Crippen molar-refractivity contribution in [3.8, 4) is 11.3 Å². The van der Waals surface area contributed by atoms with Gasteiger partial charge < -0.3 is 10.2 Å². The number of aromatic nitrogens is 2. The van der Waals surface area contributed by atoms with E-state index in [0.717, 1.165) is 23.2 Å². The molecule has 7 heteroatoms. The van der Waals surface area contributed by atoms with E-state index in [-0.39, 0.29) is 11.7 Å². The number of rotatable bonds is 6. The number of hydrogen-bond donors (Lipinski definition) is 1. The predicted octanol–water partition coefficient (Wildman–Crippen LogP) is 3.66. The number of amides is 1. The van der Waals surface area contributed by atoms with Crippen molar-refractivity contribution in [2.24, 2.45) is 7.05 Å². The van der Waals surface area contributed by atoms with E-state index < -0.39 is 0 Å². The highest BCUT2D eigenvalue weighted by molar-refractivity contribution is 7.20. The van der Waals surface area contributed by atoms with E-state index in [1.165, 1.54) is 43.3 Å². The summed E-state index contributed by atoms with van der Waals surface area (Å²) < 4.78 is 15.9. The van der Waals surface area contributed by atoms with Gasteiger partial charge in [-0.1, -0.05) is 12.1 Å².